The van der Waals surface area contributed by atoms with Crippen molar-refractivity contribution in [2.75, 3.05) is 17.6 Å². The zero-order valence-corrected chi connectivity index (χ0v) is 11.5. The van der Waals surface area contributed by atoms with Crippen molar-refractivity contribution >= 4 is 21.8 Å². The lowest BCUT2D eigenvalue weighted by Crippen LogP contribution is -2.19. The van der Waals surface area contributed by atoms with Crippen LogP contribution >= 0.6 is 0 Å². The van der Waals surface area contributed by atoms with Crippen molar-refractivity contribution in [2.45, 2.75) is 19.8 Å². The number of anilines is 1. The molecule has 102 valence electrons. The largest absolute Gasteiger partial charge is 0.469 e. The number of esters is 1. The summed E-state index contributed by atoms with van der Waals surface area (Å²) in [6.07, 6.45) is 0.306. The van der Waals surface area contributed by atoms with Crippen LogP contribution in [0.15, 0.2) is 6.07 Å². The van der Waals surface area contributed by atoms with E-state index in [-0.39, 0.29) is 18.6 Å². The lowest BCUT2D eigenvalue weighted by atomic mass is 10.3. The van der Waals surface area contributed by atoms with Gasteiger partial charge in [-0.2, -0.15) is 5.10 Å². The number of nitrogens with zero attached hydrogens (tertiary/aromatic N) is 2. The summed E-state index contributed by atoms with van der Waals surface area (Å²) in [5, 5.41) is 4.03. The summed E-state index contributed by atoms with van der Waals surface area (Å²) in [5.74, 6) is -0.140. The number of rotatable bonds is 6. The predicted octanol–water partition coefficient (Wildman–Crippen LogP) is 0.423. The van der Waals surface area contributed by atoms with Crippen LogP contribution in [0.5, 0.6) is 0 Å². The van der Waals surface area contributed by atoms with Crippen molar-refractivity contribution in [2.24, 2.45) is 7.05 Å². The number of ether oxygens (including phenoxy) is 1. The van der Waals surface area contributed by atoms with Gasteiger partial charge in [0.2, 0.25) is 10.0 Å². The van der Waals surface area contributed by atoms with Crippen molar-refractivity contribution in [1.82, 2.24) is 9.78 Å². The molecule has 0 aliphatic heterocycles. The Morgan fingerprint density at radius 2 is 2.22 bits per heavy atom. The average Bonchev–Trinajstić information content (AvgIpc) is 2.56. The monoisotopic (exact) mass is 275 g/mol. The number of aryl methyl sites for hydroxylation is 2. The highest BCUT2D eigenvalue weighted by atomic mass is 32.2. The number of carbonyl (C=O) groups excluding carboxylic acids is 1. The molecule has 1 aromatic rings. The van der Waals surface area contributed by atoms with E-state index in [4.69, 9.17) is 0 Å². The summed E-state index contributed by atoms with van der Waals surface area (Å²) in [7, 11) is -0.543. The first-order chi connectivity index (χ1) is 8.34. The Morgan fingerprint density at radius 3 is 2.72 bits per heavy atom. The maximum Gasteiger partial charge on any atom is 0.305 e. The van der Waals surface area contributed by atoms with Crippen LogP contribution in [0.3, 0.4) is 0 Å². The summed E-state index contributed by atoms with van der Waals surface area (Å²) in [5.41, 5.74) is 0.727. The molecule has 18 heavy (non-hydrogen) atoms. The molecule has 0 aromatic carbocycles. The summed E-state index contributed by atoms with van der Waals surface area (Å²) in [4.78, 5) is 10.9. The van der Waals surface area contributed by atoms with Gasteiger partial charge in [0.1, 0.15) is 5.82 Å². The SMILES string of the molecule is COC(=O)CCCS(=O)(=O)Nc1cc(C)nn1C. The summed E-state index contributed by atoms with van der Waals surface area (Å²) < 4.78 is 31.8. The maximum atomic E-state index is 11.7. The second kappa shape index (κ2) is 5.85. The third kappa shape index (κ3) is 4.36. The lowest BCUT2D eigenvalue weighted by molar-refractivity contribution is -0.140. The number of sulfonamides is 1. The second-order valence-electron chi connectivity index (χ2n) is 3.90. The van der Waals surface area contributed by atoms with Gasteiger partial charge in [-0.3, -0.25) is 14.2 Å². The Bertz CT molecular complexity index is 521. The van der Waals surface area contributed by atoms with Crippen LogP contribution in [0.25, 0.3) is 0 Å². The lowest BCUT2D eigenvalue weighted by Gasteiger charge is -2.07. The van der Waals surface area contributed by atoms with Crippen LogP contribution in [-0.4, -0.2) is 37.0 Å². The van der Waals surface area contributed by atoms with E-state index in [1.165, 1.54) is 11.8 Å². The minimum atomic E-state index is -3.47. The highest BCUT2D eigenvalue weighted by Crippen LogP contribution is 2.11. The Kier molecular flexibility index (Phi) is 4.71. The van der Waals surface area contributed by atoms with Gasteiger partial charge in [0.15, 0.2) is 0 Å². The average molecular weight is 275 g/mol. The first-order valence-electron chi connectivity index (χ1n) is 5.42. The molecule has 0 saturated heterocycles. The Morgan fingerprint density at radius 1 is 1.56 bits per heavy atom. The zero-order chi connectivity index (χ0) is 13.8. The Balaban J connectivity index is 2.55. The van der Waals surface area contributed by atoms with Gasteiger partial charge in [-0.05, 0) is 13.3 Å². The standard InChI is InChI=1S/C10H17N3O4S/c1-8-7-9(13(2)11-8)12-18(15,16)6-4-5-10(14)17-3/h7,12H,4-6H2,1-3H3. The molecule has 0 fully saturated rings. The van der Waals surface area contributed by atoms with Gasteiger partial charge in [0.25, 0.3) is 0 Å². The molecule has 0 atom stereocenters. The quantitative estimate of drug-likeness (QED) is 0.760. The van der Waals surface area contributed by atoms with E-state index in [9.17, 15) is 13.2 Å². The first kappa shape index (κ1) is 14.5. The van der Waals surface area contributed by atoms with Gasteiger partial charge in [-0.15, -0.1) is 0 Å². The fraction of sp³-hybridized carbons (Fsp3) is 0.600. The van der Waals surface area contributed by atoms with Crippen molar-refractivity contribution < 1.29 is 17.9 Å². The smallest absolute Gasteiger partial charge is 0.305 e. The minimum absolute atomic E-state index is 0.0851. The molecule has 0 aliphatic carbocycles. The van der Waals surface area contributed by atoms with E-state index in [1.54, 1.807) is 20.0 Å². The molecular formula is C10H17N3O4S. The number of aromatic nitrogens is 2. The number of carbonyl (C=O) groups is 1. The molecule has 1 rings (SSSR count). The molecule has 0 radical (unpaired) electrons. The fourth-order valence-corrected chi connectivity index (χ4v) is 2.56. The van der Waals surface area contributed by atoms with Crippen LogP contribution in [0, 0.1) is 6.92 Å². The van der Waals surface area contributed by atoms with E-state index in [0.29, 0.717) is 5.82 Å². The molecule has 1 N–H and O–H groups in total. The van der Waals surface area contributed by atoms with Gasteiger partial charge in [-0.1, -0.05) is 0 Å². The fourth-order valence-electron chi connectivity index (χ4n) is 1.43. The van der Waals surface area contributed by atoms with E-state index in [2.05, 4.69) is 14.6 Å². The number of methoxy groups -OCH3 is 1. The van der Waals surface area contributed by atoms with Gasteiger partial charge in [0.05, 0.1) is 18.6 Å². The molecule has 0 spiro atoms. The van der Waals surface area contributed by atoms with Crippen LogP contribution in [0.2, 0.25) is 0 Å². The predicted molar refractivity (Wildman–Crippen MR) is 66.6 cm³/mol. The molecule has 1 aromatic heterocycles. The molecular weight excluding hydrogens is 258 g/mol. The zero-order valence-electron chi connectivity index (χ0n) is 10.6. The molecule has 0 unspecified atom stereocenters. The normalized spacial score (nSPS) is 11.3. The molecule has 7 nitrogen and oxygen atoms in total. The molecule has 0 saturated carbocycles. The second-order valence-corrected chi connectivity index (χ2v) is 5.74. The van der Waals surface area contributed by atoms with Crippen molar-refractivity contribution in [3.63, 3.8) is 0 Å². The molecule has 8 heteroatoms. The molecule has 0 bridgehead atoms. The third-order valence-electron chi connectivity index (χ3n) is 2.28. The van der Waals surface area contributed by atoms with Crippen LogP contribution < -0.4 is 4.72 Å². The number of nitrogens with one attached hydrogen (secondary N) is 1. The van der Waals surface area contributed by atoms with E-state index in [0.717, 1.165) is 5.69 Å². The molecule has 0 aliphatic rings. The van der Waals surface area contributed by atoms with Gasteiger partial charge in [0, 0.05) is 19.5 Å². The Hall–Kier alpha value is -1.57. The van der Waals surface area contributed by atoms with Gasteiger partial charge in [-0.25, -0.2) is 8.42 Å². The first-order valence-corrected chi connectivity index (χ1v) is 7.07. The van der Waals surface area contributed by atoms with E-state index < -0.39 is 16.0 Å². The highest BCUT2D eigenvalue weighted by Gasteiger charge is 2.14. The summed E-state index contributed by atoms with van der Waals surface area (Å²) >= 11 is 0. The van der Waals surface area contributed by atoms with E-state index in [1.807, 2.05) is 0 Å². The molecule has 1 heterocycles. The van der Waals surface area contributed by atoms with Crippen molar-refractivity contribution in [1.29, 1.82) is 0 Å². The number of hydrogen-bond acceptors (Lipinski definition) is 5. The third-order valence-corrected chi connectivity index (χ3v) is 3.63. The topological polar surface area (TPSA) is 90.3 Å². The summed E-state index contributed by atoms with van der Waals surface area (Å²) in [6.45, 7) is 1.77. The maximum absolute atomic E-state index is 11.7. The van der Waals surface area contributed by atoms with Crippen molar-refractivity contribution in [3.05, 3.63) is 11.8 Å². The van der Waals surface area contributed by atoms with Crippen LogP contribution in [0.1, 0.15) is 18.5 Å². The van der Waals surface area contributed by atoms with Crippen molar-refractivity contribution in [3.8, 4) is 0 Å². The van der Waals surface area contributed by atoms with Gasteiger partial charge < -0.3 is 4.74 Å². The van der Waals surface area contributed by atoms with Crippen LogP contribution in [0.4, 0.5) is 5.82 Å². The Labute approximate surface area is 106 Å². The van der Waals surface area contributed by atoms with Gasteiger partial charge >= 0.3 is 5.97 Å². The summed E-state index contributed by atoms with van der Waals surface area (Å²) in [6, 6.07) is 1.64. The minimum Gasteiger partial charge on any atom is -0.469 e. The number of hydrogen-bond donors (Lipinski definition) is 1. The molecule has 0 amide bonds. The highest BCUT2D eigenvalue weighted by molar-refractivity contribution is 7.92. The van der Waals surface area contributed by atoms with Crippen LogP contribution in [-0.2, 0) is 26.6 Å². The van der Waals surface area contributed by atoms with E-state index >= 15 is 0 Å².